The summed E-state index contributed by atoms with van der Waals surface area (Å²) in [4.78, 5) is 1.20. The van der Waals surface area contributed by atoms with E-state index in [9.17, 15) is 0 Å². The molecule has 2 rings (SSSR count). The second-order valence-corrected chi connectivity index (χ2v) is 5.54. The molecule has 1 aromatic carbocycles. The lowest BCUT2D eigenvalue weighted by Gasteiger charge is -2.18. The van der Waals surface area contributed by atoms with Crippen molar-refractivity contribution < 1.29 is 4.74 Å². The quantitative estimate of drug-likeness (QED) is 0.929. The average Bonchev–Trinajstić information content (AvgIpc) is 2.75. The van der Waals surface area contributed by atoms with Crippen LogP contribution in [0.25, 0.3) is 0 Å². The van der Waals surface area contributed by atoms with Gasteiger partial charge in [0.05, 0.1) is 4.47 Å². The minimum absolute atomic E-state index is 0.0753. The lowest BCUT2D eigenvalue weighted by atomic mass is 10.2. The number of hydrogen-bond acceptors (Lipinski definition) is 3. The van der Waals surface area contributed by atoms with Gasteiger partial charge in [-0.2, -0.15) is 0 Å². The van der Waals surface area contributed by atoms with Gasteiger partial charge in [-0.3, -0.25) is 0 Å². The maximum atomic E-state index is 5.96. The predicted octanol–water partition coefficient (Wildman–Crippen LogP) is 3.90. The van der Waals surface area contributed by atoms with E-state index in [4.69, 9.17) is 10.5 Å². The number of nitrogens with two attached hydrogens (primary N) is 1. The van der Waals surface area contributed by atoms with Gasteiger partial charge < -0.3 is 10.5 Å². The van der Waals surface area contributed by atoms with Gasteiger partial charge in [0.15, 0.2) is 0 Å². The van der Waals surface area contributed by atoms with E-state index in [2.05, 4.69) is 34.3 Å². The first kappa shape index (κ1) is 12.6. The Labute approximate surface area is 114 Å². The van der Waals surface area contributed by atoms with E-state index < -0.39 is 0 Å². The van der Waals surface area contributed by atoms with Crippen LogP contribution >= 0.6 is 27.3 Å². The van der Waals surface area contributed by atoms with E-state index >= 15 is 0 Å². The largest absolute Gasteiger partial charge is 0.482 e. The molecule has 2 nitrogen and oxygen atoms in total. The van der Waals surface area contributed by atoms with Crippen LogP contribution in [-0.4, -0.2) is 6.54 Å². The Morgan fingerprint density at radius 1 is 1.35 bits per heavy atom. The van der Waals surface area contributed by atoms with Crippen LogP contribution in [0.5, 0.6) is 5.75 Å². The minimum atomic E-state index is -0.0753. The second-order valence-electron chi connectivity index (χ2n) is 3.74. The van der Waals surface area contributed by atoms with E-state index in [1.165, 1.54) is 10.4 Å². The van der Waals surface area contributed by atoms with Crippen molar-refractivity contribution in [2.24, 2.45) is 5.73 Å². The van der Waals surface area contributed by atoms with Crippen molar-refractivity contribution in [2.75, 3.05) is 6.54 Å². The zero-order valence-electron chi connectivity index (χ0n) is 9.52. The highest BCUT2D eigenvalue weighted by molar-refractivity contribution is 9.10. The molecule has 1 heterocycles. The van der Waals surface area contributed by atoms with Crippen LogP contribution in [0.15, 0.2) is 40.2 Å². The highest BCUT2D eigenvalue weighted by atomic mass is 79.9. The Balaban J connectivity index is 2.22. The molecule has 0 aliphatic carbocycles. The molecule has 1 unspecified atom stereocenters. The molecular formula is C13H14BrNOS. The zero-order chi connectivity index (χ0) is 12.3. The summed E-state index contributed by atoms with van der Waals surface area (Å²) in [7, 11) is 0. The van der Waals surface area contributed by atoms with Crippen molar-refractivity contribution in [2.45, 2.75) is 13.0 Å². The van der Waals surface area contributed by atoms with E-state index in [0.29, 0.717) is 6.54 Å². The molecule has 2 N–H and O–H groups in total. The van der Waals surface area contributed by atoms with Crippen LogP contribution < -0.4 is 10.5 Å². The summed E-state index contributed by atoms with van der Waals surface area (Å²) in [5, 5.41) is 2.07. The van der Waals surface area contributed by atoms with Crippen LogP contribution in [0.4, 0.5) is 0 Å². The fraction of sp³-hybridized carbons (Fsp3) is 0.231. The normalized spacial score (nSPS) is 12.4. The summed E-state index contributed by atoms with van der Waals surface area (Å²) in [6.07, 6.45) is -0.0753. The molecule has 0 amide bonds. The van der Waals surface area contributed by atoms with Gasteiger partial charge in [-0.15, -0.1) is 11.3 Å². The zero-order valence-corrected chi connectivity index (χ0v) is 11.9. The SMILES string of the molecule is Cc1ccsc1C(CN)Oc1ccccc1Br. The fourth-order valence-corrected chi connectivity index (χ4v) is 2.96. The molecule has 1 aromatic heterocycles. The predicted molar refractivity (Wildman–Crippen MR) is 75.6 cm³/mol. The van der Waals surface area contributed by atoms with Crippen LogP contribution in [0.3, 0.4) is 0 Å². The minimum Gasteiger partial charge on any atom is -0.482 e. The molecule has 0 fully saturated rings. The molecular weight excluding hydrogens is 298 g/mol. The summed E-state index contributed by atoms with van der Waals surface area (Å²) in [6, 6.07) is 9.91. The van der Waals surface area contributed by atoms with E-state index in [0.717, 1.165) is 10.2 Å². The average molecular weight is 312 g/mol. The van der Waals surface area contributed by atoms with Crippen molar-refractivity contribution in [1.29, 1.82) is 0 Å². The fourth-order valence-electron chi connectivity index (χ4n) is 1.62. The molecule has 0 aliphatic rings. The smallest absolute Gasteiger partial charge is 0.145 e. The van der Waals surface area contributed by atoms with Crippen molar-refractivity contribution >= 4 is 27.3 Å². The summed E-state index contributed by atoms with van der Waals surface area (Å²) >= 11 is 5.16. The molecule has 17 heavy (non-hydrogen) atoms. The molecule has 4 heteroatoms. The van der Waals surface area contributed by atoms with Gasteiger partial charge >= 0.3 is 0 Å². The lowest BCUT2D eigenvalue weighted by molar-refractivity contribution is 0.216. The standard InChI is InChI=1S/C13H14BrNOS/c1-9-6-7-17-13(9)12(8-15)16-11-5-3-2-4-10(11)14/h2-7,12H,8,15H2,1H3. The van der Waals surface area contributed by atoms with Crippen molar-refractivity contribution in [3.8, 4) is 5.75 Å². The number of halogens is 1. The molecule has 90 valence electrons. The molecule has 0 bridgehead atoms. The number of rotatable bonds is 4. The monoisotopic (exact) mass is 311 g/mol. The number of ether oxygens (including phenoxy) is 1. The summed E-state index contributed by atoms with van der Waals surface area (Å²) in [5.41, 5.74) is 7.03. The topological polar surface area (TPSA) is 35.2 Å². The third kappa shape index (κ3) is 2.89. The van der Waals surface area contributed by atoms with Gasteiger partial charge in [0.1, 0.15) is 11.9 Å². The Bertz CT molecular complexity index is 498. The van der Waals surface area contributed by atoms with Crippen LogP contribution in [0.1, 0.15) is 16.5 Å². The number of aryl methyl sites for hydroxylation is 1. The number of para-hydroxylation sites is 1. The number of benzene rings is 1. The summed E-state index contributed by atoms with van der Waals surface area (Å²) in [6.45, 7) is 2.56. The van der Waals surface area contributed by atoms with Crippen molar-refractivity contribution in [3.63, 3.8) is 0 Å². The van der Waals surface area contributed by atoms with Crippen LogP contribution in [0, 0.1) is 6.92 Å². The highest BCUT2D eigenvalue weighted by Gasteiger charge is 2.16. The van der Waals surface area contributed by atoms with Gasteiger partial charge in [0, 0.05) is 11.4 Å². The maximum Gasteiger partial charge on any atom is 0.145 e. The highest BCUT2D eigenvalue weighted by Crippen LogP contribution is 2.31. The van der Waals surface area contributed by atoms with E-state index in [1.807, 2.05) is 24.3 Å². The Hall–Kier alpha value is -0.840. The third-order valence-electron chi connectivity index (χ3n) is 2.51. The Morgan fingerprint density at radius 3 is 2.71 bits per heavy atom. The molecule has 0 saturated heterocycles. The van der Waals surface area contributed by atoms with Crippen LogP contribution in [-0.2, 0) is 0 Å². The van der Waals surface area contributed by atoms with Crippen molar-refractivity contribution in [3.05, 3.63) is 50.6 Å². The molecule has 0 saturated carbocycles. The first-order chi connectivity index (χ1) is 8.22. The van der Waals surface area contributed by atoms with E-state index in [-0.39, 0.29) is 6.10 Å². The Kier molecular flexibility index (Phi) is 4.20. The molecule has 0 spiro atoms. The van der Waals surface area contributed by atoms with Gasteiger partial charge in [0.2, 0.25) is 0 Å². The molecule has 0 aliphatic heterocycles. The third-order valence-corrected chi connectivity index (χ3v) is 4.28. The van der Waals surface area contributed by atoms with E-state index in [1.54, 1.807) is 11.3 Å². The molecule has 1 atom stereocenters. The van der Waals surface area contributed by atoms with Gasteiger partial charge in [-0.1, -0.05) is 12.1 Å². The Morgan fingerprint density at radius 2 is 2.12 bits per heavy atom. The molecule has 0 radical (unpaired) electrons. The van der Waals surface area contributed by atoms with Gasteiger partial charge in [-0.25, -0.2) is 0 Å². The maximum absolute atomic E-state index is 5.96. The van der Waals surface area contributed by atoms with Gasteiger partial charge in [0.25, 0.3) is 0 Å². The lowest BCUT2D eigenvalue weighted by Crippen LogP contribution is -2.18. The first-order valence-electron chi connectivity index (χ1n) is 5.37. The molecule has 2 aromatic rings. The first-order valence-corrected chi connectivity index (χ1v) is 7.05. The van der Waals surface area contributed by atoms with Crippen LogP contribution in [0.2, 0.25) is 0 Å². The number of hydrogen-bond donors (Lipinski definition) is 1. The van der Waals surface area contributed by atoms with Crippen molar-refractivity contribution in [1.82, 2.24) is 0 Å². The summed E-state index contributed by atoms with van der Waals surface area (Å²) < 4.78 is 6.91. The number of thiophene rings is 1. The van der Waals surface area contributed by atoms with Gasteiger partial charge in [-0.05, 0) is 52.0 Å². The summed E-state index contributed by atoms with van der Waals surface area (Å²) in [5.74, 6) is 0.829. The second kappa shape index (κ2) is 5.67.